The third-order valence-corrected chi connectivity index (χ3v) is 5.74. The summed E-state index contributed by atoms with van der Waals surface area (Å²) in [6, 6.07) is 0.535. The number of hydrogen-bond acceptors (Lipinski definition) is 5. The lowest BCUT2D eigenvalue weighted by molar-refractivity contribution is -0.127. The predicted molar refractivity (Wildman–Crippen MR) is 123 cm³/mol. The molecule has 2 atom stereocenters. The van der Waals surface area contributed by atoms with E-state index in [4.69, 9.17) is 0 Å². The zero-order valence-corrected chi connectivity index (χ0v) is 19.9. The van der Waals surface area contributed by atoms with Crippen molar-refractivity contribution in [2.24, 2.45) is 4.99 Å². The van der Waals surface area contributed by atoms with Gasteiger partial charge in [-0.3, -0.25) is 9.69 Å². The van der Waals surface area contributed by atoms with Crippen LogP contribution in [-0.2, 0) is 4.79 Å². The summed E-state index contributed by atoms with van der Waals surface area (Å²) in [5.41, 5.74) is 0. The number of likely N-dealkylation sites (tertiary alicyclic amines) is 1. The molecule has 0 spiro atoms. The van der Waals surface area contributed by atoms with Gasteiger partial charge in [-0.1, -0.05) is 13.8 Å². The Labute approximate surface area is 184 Å². The van der Waals surface area contributed by atoms with Gasteiger partial charge in [-0.2, -0.15) is 0 Å². The van der Waals surface area contributed by atoms with Crippen LogP contribution in [-0.4, -0.2) is 79.5 Å². The molecule has 0 saturated carbocycles. The number of guanidine groups is 1. The average Bonchev–Trinajstić information content (AvgIpc) is 3.31. The summed E-state index contributed by atoms with van der Waals surface area (Å²) < 4.78 is 0. The van der Waals surface area contributed by atoms with Gasteiger partial charge >= 0.3 is 0 Å². The summed E-state index contributed by atoms with van der Waals surface area (Å²) in [6.07, 6.45) is 4.29. The first kappa shape index (κ1) is 24.1. The van der Waals surface area contributed by atoms with Crippen molar-refractivity contribution in [2.75, 3.05) is 46.8 Å². The largest absolute Gasteiger partial charge is 0.356 e. The molecule has 2 heterocycles. The fourth-order valence-electron chi connectivity index (χ4n) is 3.03. The molecule has 1 saturated heterocycles. The molecule has 1 aromatic heterocycles. The van der Waals surface area contributed by atoms with Gasteiger partial charge in [0.15, 0.2) is 5.96 Å². The van der Waals surface area contributed by atoms with Crippen LogP contribution in [0.4, 0.5) is 0 Å². The van der Waals surface area contributed by atoms with Crippen molar-refractivity contribution in [1.82, 2.24) is 25.4 Å². The molecular formula is C18H33IN6OS. The van der Waals surface area contributed by atoms with E-state index in [-0.39, 0.29) is 36.4 Å². The molecule has 9 heteroatoms. The average molecular weight is 508 g/mol. The van der Waals surface area contributed by atoms with Crippen molar-refractivity contribution < 1.29 is 4.79 Å². The Hall–Kier alpha value is -0.940. The van der Waals surface area contributed by atoms with E-state index in [9.17, 15) is 4.79 Å². The normalized spacial score (nSPS) is 18.7. The van der Waals surface area contributed by atoms with E-state index in [2.05, 4.69) is 39.4 Å². The number of aromatic nitrogens is 1. The van der Waals surface area contributed by atoms with Crippen molar-refractivity contribution in [2.45, 2.75) is 38.6 Å². The third kappa shape index (κ3) is 7.90. The monoisotopic (exact) mass is 508 g/mol. The number of carbonyl (C=O) groups is 1. The van der Waals surface area contributed by atoms with Gasteiger partial charge in [0.2, 0.25) is 5.91 Å². The summed E-state index contributed by atoms with van der Waals surface area (Å²) in [5.74, 6) is 0.992. The van der Waals surface area contributed by atoms with Gasteiger partial charge in [0, 0.05) is 50.7 Å². The van der Waals surface area contributed by atoms with Crippen LogP contribution in [0.5, 0.6) is 0 Å². The fraction of sp³-hybridized carbons (Fsp3) is 0.722. The second-order valence-corrected chi connectivity index (χ2v) is 7.84. The quantitative estimate of drug-likeness (QED) is 0.319. The van der Waals surface area contributed by atoms with Crippen LogP contribution in [0.2, 0.25) is 0 Å². The van der Waals surface area contributed by atoms with Crippen molar-refractivity contribution >= 4 is 47.2 Å². The van der Waals surface area contributed by atoms with Crippen LogP contribution >= 0.6 is 35.3 Å². The van der Waals surface area contributed by atoms with E-state index in [0.717, 1.165) is 24.6 Å². The Balaban J connectivity index is 0.00000364. The first-order chi connectivity index (χ1) is 12.5. The SMILES string of the molecule is CCN1CCCC1CNC(=NCC(=O)N(C)C)NCC(C)c1nccs1.I. The van der Waals surface area contributed by atoms with E-state index in [0.29, 0.717) is 17.9 Å². The van der Waals surface area contributed by atoms with Crippen LogP contribution in [0.1, 0.15) is 37.6 Å². The second-order valence-electron chi connectivity index (χ2n) is 6.91. The molecule has 1 aliphatic heterocycles. The number of nitrogens with zero attached hydrogens (tertiary/aromatic N) is 4. The molecule has 0 bridgehead atoms. The van der Waals surface area contributed by atoms with Crippen LogP contribution in [0.25, 0.3) is 0 Å². The molecular weight excluding hydrogens is 475 g/mol. The number of halogens is 1. The minimum absolute atomic E-state index is 0. The molecule has 1 amide bonds. The van der Waals surface area contributed by atoms with Crippen LogP contribution < -0.4 is 10.6 Å². The summed E-state index contributed by atoms with van der Waals surface area (Å²) >= 11 is 1.66. The summed E-state index contributed by atoms with van der Waals surface area (Å²) in [5, 5.41) is 9.91. The highest BCUT2D eigenvalue weighted by atomic mass is 127. The molecule has 27 heavy (non-hydrogen) atoms. The van der Waals surface area contributed by atoms with Crippen LogP contribution in [0.3, 0.4) is 0 Å². The van der Waals surface area contributed by atoms with Crippen LogP contribution in [0, 0.1) is 0 Å². The third-order valence-electron chi connectivity index (χ3n) is 4.73. The molecule has 1 fully saturated rings. The smallest absolute Gasteiger partial charge is 0.243 e. The van der Waals surface area contributed by atoms with Crippen LogP contribution in [0.15, 0.2) is 16.6 Å². The molecule has 0 radical (unpaired) electrons. The molecule has 1 aliphatic rings. The highest BCUT2D eigenvalue weighted by Gasteiger charge is 2.23. The molecule has 7 nitrogen and oxygen atoms in total. The molecule has 0 aliphatic carbocycles. The molecule has 0 aromatic carbocycles. The Morgan fingerprint density at radius 1 is 1.48 bits per heavy atom. The van der Waals surface area contributed by atoms with E-state index in [1.807, 2.05) is 11.6 Å². The zero-order valence-electron chi connectivity index (χ0n) is 16.8. The second kappa shape index (κ2) is 12.5. The Morgan fingerprint density at radius 2 is 2.26 bits per heavy atom. The van der Waals surface area contributed by atoms with Gasteiger partial charge in [-0.05, 0) is 25.9 Å². The van der Waals surface area contributed by atoms with Gasteiger partial charge in [0.05, 0.1) is 5.01 Å². The predicted octanol–water partition coefficient (Wildman–Crippen LogP) is 1.97. The van der Waals surface area contributed by atoms with Gasteiger partial charge in [0.1, 0.15) is 6.54 Å². The first-order valence-corrected chi connectivity index (χ1v) is 10.2. The number of nitrogens with one attached hydrogen (secondary N) is 2. The number of likely N-dealkylation sites (N-methyl/N-ethyl adjacent to an activating group) is 2. The maximum Gasteiger partial charge on any atom is 0.243 e. The number of amides is 1. The zero-order chi connectivity index (χ0) is 18.9. The molecule has 1 aromatic rings. The number of thiazole rings is 1. The Bertz CT molecular complexity index is 580. The molecule has 2 rings (SSSR count). The van der Waals surface area contributed by atoms with Crippen molar-refractivity contribution in [3.63, 3.8) is 0 Å². The van der Waals surface area contributed by atoms with Gasteiger partial charge in [-0.25, -0.2) is 9.98 Å². The topological polar surface area (TPSA) is 72.9 Å². The van der Waals surface area contributed by atoms with Crippen molar-refractivity contribution in [1.29, 1.82) is 0 Å². The van der Waals surface area contributed by atoms with Crippen molar-refractivity contribution in [3.05, 3.63) is 16.6 Å². The van der Waals surface area contributed by atoms with Gasteiger partial charge < -0.3 is 15.5 Å². The number of rotatable bonds is 8. The lowest BCUT2D eigenvalue weighted by atomic mass is 10.2. The van der Waals surface area contributed by atoms with E-state index >= 15 is 0 Å². The van der Waals surface area contributed by atoms with Gasteiger partial charge in [0.25, 0.3) is 0 Å². The van der Waals surface area contributed by atoms with Crippen molar-refractivity contribution in [3.8, 4) is 0 Å². The lowest BCUT2D eigenvalue weighted by Gasteiger charge is -2.24. The molecule has 2 unspecified atom stereocenters. The number of carbonyl (C=O) groups excluding carboxylic acids is 1. The lowest BCUT2D eigenvalue weighted by Crippen LogP contribution is -2.46. The highest BCUT2D eigenvalue weighted by Crippen LogP contribution is 2.17. The fourth-order valence-corrected chi connectivity index (χ4v) is 3.73. The van der Waals surface area contributed by atoms with E-state index in [1.165, 1.54) is 19.4 Å². The summed E-state index contributed by atoms with van der Waals surface area (Å²) in [7, 11) is 3.50. The Morgan fingerprint density at radius 3 is 2.89 bits per heavy atom. The maximum absolute atomic E-state index is 11.9. The standard InChI is InChI=1S/C18H32N6OS.HI/c1-5-24-9-6-7-15(24)12-21-18(22-13-16(25)23(3)4)20-11-14(2)17-19-8-10-26-17;/h8,10,14-15H,5-7,9,11-13H2,1-4H3,(H2,20,21,22);1H. The molecule has 2 N–H and O–H groups in total. The summed E-state index contributed by atoms with van der Waals surface area (Å²) in [6.45, 7) is 8.33. The highest BCUT2D eigenvalue weighted by molar-refractivity contribution is 14.0. The minimum Gasteiger partial charge on any atom is -0.356 e. The number of hydrogen-bond donors (Lipinski definition) is 2. The Kier molecular flexibility index (Phi) is 11.2. The van der Waals surface area contributed by atoms with E-state index < -0.39 is 0 Å². The minimum atomic E-state index is -0.00452. The summed E-state index contributed by atoms with van der Waals surface area (Å²) in [4.78, 5) is 24.8. The first-order valence-electron chi connectivity index (χ1n) is 9.37. The molecule has 154 valence electrons. The van der Waals surface area contributed by atoms with E-state index in [1.54, 1.807) is 30.3 Å². The van der Waals surface area contributed by atoms with Gasteiger partial charge in [-0.15, -0.1) is 35.3 Å². The number of aliphatic imine (C=N–C) groups is 1. The maximum atomic E-state index is 11.9.